The molecule has 0 saturated carbocycles. The van der Waals surface area contributed by atoms with Crippen molar-refractivity contribution in [2.75, 3.05) is 6.54 Å². The zero-order chi connectivity index (χ0) is 14.5. The van der Waals surface area contributed by atoms with E-state index in [0.717, 1.165) is 34.0 Å². The molecular weight excluding hydrogens is 385 g/mol. The third-order valence-corrected chi connectivity index (χ3v) is 5.07. The average Bonchev–Trinajstić information content (AvgIpc) is 2.40. The first-order chi connectivity index (χ1) is 9.56. The van der Waals surface area contributed by atoms with Gasteiger partial charge >= 0.3 is 0 Å². The van der Waals surface area contributed by atoms with Crippen molar-refractivity contribution in [3.8, 4) is 0 Å². The van der Waals surface area contributed by atoms with Gasteiger partial charge < -0.3 is 5.32 Å². The highest BCUT2D eigenvalue weighted by Crippen LogP contribution is 2.23. The van der Waals surface area contributed by atoms with Crippen LogP contribution in [-0.2, 0) is 13.0 Å². The summed E-state index contributed by atoms with van der Waals surface area (Å²) in [7, 11) is 0. The van der Waals surface area contributed by atoms with Crippen molar-refractivity contribution in [1.82, 2.24) is 5.32 Å². The van der Waals surface area contributed by atoms with Crippen LogP contribution >= 0.6 is 31.9 Å². The van der Waals surface area contributed by atoms with Crippen molar-refractivity contribution in [3.63, 3.8) is 0 Å². The van der Waals surface area contributed by atoms with Gasteiger partial charge in [-0.15, -0.1) is 0 Å². The second-order valence-corrected chi connectivity index (χ2v) is 6.45. The Morgan fingerprint density at radius 2 is 1.85 bits per heavy atom. The second kappa shape index (κ2) is 7.34. The van der Waals surface area contributed by atoms with Crippen LogP contribution in [0.25, 0.3) is 0 Å². The molecule has 0 aliphatic rings. The lowest BCUT2D eigenvalue weighted by molar-refractivity contribution is 0.624. The van der Waals surface area contributed by atoms with Crippen molar-refractivity contribution in [2.45, 2.75) is 19.9 Å². The number of halogens is 3. The molecule has 1 nitrogen and oxygen atoms in total. The molecule has 2 aromatic rings. The quantitative estimate of drug-likeness (QED) is 0.697. The minimum atomic E-state index is -0.168. The highest BCUT2D eigenvalue weighted by atomic mass is 79.9. The maximum Gasteiger partial charge on any atom is 0.123 e. The van der Waals surface area contributed by atoms with Gasteiger partial charge in [-0.3, -0.25) is 0 Å². The van der Waals surface area contributed by atoms with Gasteiger partial charge in [0.2, 0.25) is 0 Å². The molecule has 1 N–H and O–H groups in total. The molecule has 0 spiro atoms. The Morgan fingerprint density at radius 1 is 1.05 bits per heavy atom. The lowest BCUT2D eigenvalue weighted by atomic mass is 10.1. The van der Waals surface area contributed by atoms with Crippen LogP contribution in [0.3, 0.4) is 0 Å². The summed E-state index contributed by atoms with van der Waals surface area (Å²) in [5.41, 5.74) is 3.44. The molecule has 0 aromatic heterocycles. The predicted octanol–water partition coefficient (Wildman–Crippen LogP) is 4.99. The van der Waals surface area contributed by atoms with Gasteiger partial charge in [0.05, 0.1) is 0 Å². The Hall–Kier alpha value is -0.710. The third kappa shape index (κ3) is 4.40. The molecule has 0 heterocycles. The maximum absolute atomic E-state index is 13.0. The SMILES string of the molecule is Cc1cc(F)ccc1CCNCc1ccc(Br)c(Br)c1. The Bertz CT molecular complexity index is 599. The van der Waals surface area contributed by atoms with Crippen molar-refractivity contribution < 1.29 is 4.39 Å². The molecule has 0 fully saturated rings. The lowest BCUT2D eigenvalue weighted by Crippen LogP contribution is -2.17. The molecule has 0 bridgehead atoms. The number of nitrogens with one attached hydrogen (secondary N) is 1. The van der Waals surface area contributed by atoms with Crippen LogP contribution in [0.2, 0.25) is 0 Å². The van der Waals surface area contributed by atoms with Crippen LogP contribution in [0.5, 0.6) is 0 Å². The Kier molecular flexibility index (Phi) is 5.75. The van der Waals surface area contributed by atoms with Crippen molar-refractivity contribution in [2.24, 2.45) is 0 Å². The summed E-state index contributed by atoms with van der Waals surface area (Å²) in [6.07, 6.45) is 0.907. The zero-order valence-electron chi connectivity index (χ0n) is 11.2. The molecule has 2 aromatic carbocycles. The van der Waals surface area contributed by atoms with Gasteiger partial charge in [-0.25, -0.2) is 4.39 Å². The predicted molar refractivity (Wildman–Crippen MR) is 88.4 cm³/mol. The molecule has 106 valence electrons. The molecule has 0 amide bonds. The lowest BCUT2D eigenvalue weighted by Gasteiger charge is -2.08. The second-order valence-electron chi connectivity index (χ2n) is 4.75. The van der Waals surface area contributed by atoms with E-state index in [1.54, 1.807) is 6.07 Å². The van der Waals surface area contributed by atoms with Gasteiger partial charge in [0.25, 0.3) is 0 Å². The van der Waals surface area contributed by atoms with Crippen LogP contribution < -0.4 is 5.32 Å². The smallest absolute Gasteiger partial charge is 0.123 e. The highest BCUT2D eigenvalue weighted by Gasteiger charge is 2.01. The fourth-order valence-corrected chi connectivity index (χ4v) is 2.72. The summed E-state index contributed by atoms with van der Waals surface area (Å²) in [6.45, 7) is 3.65. The molecule has 2 rings (SSSR count). The minimum absolute atomic E-state index is 0.168. The molecule has 0 radical (unpaired) electrons. The normalized spacial score (nSPS) is 10.8. The van der Waals surface area contributed by atoms with E-state index < -0.39 is 0 Å². The number of aryl methyl sites for hydroxylation is 1. The van der Waals surface area contributed by atoms with Crippen LogP contribution in [0.1, 0.15) is 16.7 Å². The summed E-state index contributed by atoms with van der Waals surface area (Å²) in [4.78, 5) is 0. The van der Waals surface area contributed by atoms with Crippen LogP contribution in [0.15, 0.2) is 45.3 Å². The van der Waals surface area contributed by atoms with Gasteiger partial charge in [0.15, 0.2) is 0 Å². The van der Waals surface area contributed by atoms with Gasteiger partial charge in [0.1, 0.15) is 5.82 Å². The summed E-state index contributed by atoms with van der Waals surface area (Å²) >= 11 is 6.96. The topological polar surface area (TPSA) is 12.0 Å². The van der Waals surface area contributed by atoms with E-state index >= 15 is 0 Å². The molecule has 0 aliphatic carbocycles. The van der Waals surface area contributed by atoms with E-state index in [2.05, 4.69) is 49.3 Å². The summed E-state index contributed by atoms with van der Waals surface area (Å²) in [5.74, 6) is -0.168. The third-order valence-electron chi connectivity index (χ3n) is 3.19. The number of hydrogen-bond donors (Lipinski definition) is 1. The van der Waals surface area contributed by atoms with E-state index in [-0.39, 0.29) is 5.82 Å². The highest BCUT2D eigenvalue weighted by molar-refractivity contribution is 9.13. The largest absolute Gasteiger partial charge is 0.312 e. The van der Waals surface area contributed by atoms with Crippen LogP contribution in [-0.4, -0.2) is 6.54 Å². The number of hydrogen-bond acceptors (Lipinski definition) is 1. The maximum atomic E-state index is 13.0. The van der Waals surface area contributed by atoms with Crippen LogP contribution in [0.4, 0.5) is 4.39 Å². The Morgan fingerprint density at radius 3 is 2.55 bits per heavy atom. The molecule has 4 heteroatoms. The molecule has 0 saturated heterocycles. The van der Waals surface area contributed by atoms with E-state index in [0.29, 0.717) is 0 Å². The van der Waals surface area contributed by atoms with Crippen molar-refractivity contribution in [1.29, 1.82) is 0 Å². The summed E-state index contributed by atoms with van der Waals surface area (Å²) in [5, 5.41) is 3.41. The summed E-state index contributed by atoms with van der Waals surface area (Å²) in [6, 6.07) is 11.2. The van der Waals surface area contributed by atoms with Gasteiger partial charge in [0, 0.05) is 15.5 Å². The molecule has 0 atom stereocenters. The monoisotopic (exact) mass is 399 g/mol. The van der Waals surface area contributed by atoms with E-state index in [4.69, 9.17) is 0 Å². The molecule has 20 heavy (non-hydrogen) atoms. The Labute approximate surface area is 135 Å². The fraction of sp³-hybridized carbons (Fsp3) is 0.250. The molecular formula is C16H16Br2FN. The van der Waals surface area contributed by atoms with Crippen molar-refractivity contribution >= 4 is 31.9 Å². The standard InChI is InChI=1S/C16H16Br2FN/c1-11-8-14(19)4-3-13(11)6-7-20-10-12-2-5-15(17)16(18)9-12/h2-5,8-9,20H,6-7,10H2,1H3. The van der Waals surface area contributed by atoms with E-state index in [1.165, 1.54) is 17.2 Å². The fourth-order valence-electron chi connectivity index (χ4n) is 2.05. The van der Waals surface area contributed by atoms with E-state index in [9.17, 15) is 4.39 Å². The average molecular weight is 401 g/mol. The minimum Gasteiger partial charge on any atom is -0.312 e. The van der Waals surface area contributed by atoms with Gasteiger partial charge in [-0.2, -0.15) is 0 Å². The Balaban J connectivity index is 1.82. The number of benzene rings is 2. The van der Waals surface area contributed by atoms with Gasteiger partial charge in [-0.05, 0) is 92.7 Å². The first kappa shape index (κ1) is 15.7. The summed E-state index contributed by atoms with van der Waals surface area (Å²) < 4.78 is 15.1. The van der Waals surface area contributed by atoms with Crippen LogP contribution in [0, 0.1) is 12.7 Å². The van der Waals surface area contributed by atoms with Gasteiger partial charge in [-0.1, -0.05) is 12.1 Å². The van der Waals surface area contributed by atoms with E-state index in [1.807, 2.05) is 19.1 Å². The first-order valence-electron chi connectivity index (χ1n) is 6.46. The zero-order valence-corrected chi connectivity index (χ0v) is 14.4. The number of rotatable bonds is 5. The molecule has 0 aliphatic heterocycles. The molecule has 0 unspecified atom stereocenters. The first-order valence-corrected chi connectivity index (χ1v) is 8.04. The van der Waals surface area contributed by atoms with Crippen molar-refractivity contribution in [3.05, 3.63) is 67.9 Å².